The molecule has 0 heterocycles. The molecule has 0 saturated heterocycles. The Morgan fingerprint density at radius 3 is 0.896 bits per heavy atom. The predicted molar refractivity (Wildman–Crippen MR) is 195 cm³/mol. The summed E-state index contributed by atoms with van der Waals surface area (Å²) in [5, 5.41) is 25.0. The Morgan fingerprint density at radius 1 is 0.417 bits per heavy atom. The van der Waals surface area contributed by atoms with E-state index in [1.807, 2.05) is 13.8 Å². The Hall–Kier alpha value is -1.20. The van der Waals surface area contributed by atoms with Gasteiger partial charge in [-0.3, -0.25) is 0 Å². The third-order valence-electron chi connectivity index (χ3n) is 10.6. The van der Waals surface area contributed by atoms with Gasteiger partial charge in [-0.1, -0.05) is 195 Å². The SMILES string of the molecule is CCCCCCCCCCCCC(F)(CCCCC)CC(CC(=O)[O-])(CC(F)(CCCCC)CCCCCCCCCCCC)C(=O)[O-]. The Labute approximate surface area is 296 Å². The summed E-state index contributed by atoms with van der Waals surface area (Å²) in [5.41, 5.74) is -5.91. The maximum Gasteiger partial charge on any atom is 0.112 e. The van der Waals surface area contributed by atoms with Gasteiger partial charge in [0.1, 0.15) is 11.3 Å². The molecular formula is C42H78F2O4-2. The third kappa shape index (κ3) is 24.0. The lowest BCUT2D eigenvalue weighted by molar-refractivity contribution is -0.332. The number of alkyl halides is 2. The average Bonchev–Trinajstić information content (AvgIpc) is 3.02. The van der Waals surface area contributed by atoms with Crippen molar-refractivity contribution in [3.05, 3.63) is 0 Å². The van der Waals surface area contributed by atoms with E-state index < -0.39 is 48.0 Å². The second-order valence-corrected chi connectivity index (χ2v) is 15.6. The molecule has 0 aliphatic heterocycles. The zero-order chi connectivity index (χ0) is 36.0. The first-order valence-electron chi connectivity index (χ1n) is 20.8. The van der Waals surface area contributed by atoms with Crippen LogP contribution in [0.25, 0.3) is 0 Å². The number of hydrogen-bond acceptors (Lipinski definition) is 4. The highest BCUT2D eigenvalue weighted by atomic mass is 19.1. The first kappa shape index (κ1) is 46.8. The summed E-state index contributed by atoms with van der Waals surface area (Å²) >= 11 is 0. The first-order chi connectivity index (χ1) is 23.0. The summed E-state index contributed by atoms with van der Waals surface area (Å²) in [6.07, 6.45) is 25.4. The maximum absolute atomic E-state index is 16.9. The summed E-state index contributed by atoms with van der Waals surface area (Å²) in [5.74, 6) is -3.23. The molecule has 2 atom stereocenters. The van der Waals surface area contributed by atoms with E-state index in [9.17, 15) is 19.8 Å². The van der Waals surface area contributed by atoms with Gasteiger partial charge in [0.25, 0.3) is 0 Å². The molecule has 6 heteroatoms. The summed E-state index contributed by atoms with van der Waals surface area (Å²) < 4.78 is 33.9. The second kappa shape index (κ2) is 29.5. The molecule has 4 nitrogen and oxygen atoms in total. The number of halogens is 2. The van der Waals surface area contributed by atoms with Gasteiger partial charge in [-0.2, -0.15) is 0 Å². The van der Waals surface area contributed by atoms with Gasteiger partial charge in [0, 0.05) is 17.4 Å². The zero-order valence-corrected chi connectivity index (χ0v) is 32.2. The van der Waals surface area contributed by atoms with Gasteiger partial charge in [-0.15, -0.1) is 0 Å². The Balaban J connectivity index is 5.63. The van der Waals surface area contributed by atoms with Crippen LogP contribution in [0.5, 0.6) is 0 Å². The Kier molecular flexibility index (Phi) is 28.8. The minimum atomic E-state index is -2.14. The summed E-state index contributed by atoms with van der Waals surface area (Å²) in [6, 6.07) is 0. The van der Waals surface area contributed by atoms with E-state index in [0.717, 1.165) is 64.2 Å². The fourth-order valence-corrected chi connectivity index (χ4v) is 7.74. The summed E-state index contributed by atoms with van der Waals surface area (Å²) in [6.45, 7) is 8.49. The Morgan fingerprint density at radius 2 is 0.646 bits per heavy atom. The molecule has 286 valence electrons. The van der Waals surface area contributed by atoms with Crippen molar-refractivity contribution in [2.24, 2.45) is 5.41 Å². The van der Waals surface area contributed by atoms with Gasteiger partial charge in [-0.05, 0) is 44.9 Å². The molecule has 0 bridgehead atoms. The largest absolute Gasteiger partial charge is 0.550 e. The van der Waals surface area contributed by atoms with Crippen molar-refractivity contribution >= 4 is 11.9 Å². The van der Waals surface area contributed by atoms with Crippen LogP contribution in [0, 0.1) is 5.41 Å². The molecule has 0 aromatic rings. The van der Waals surface area contributed by atoms with Crippen LogP contribution in [-0.4, -0.2) is 23.3 Å². The molecule has 0 radical (unpaired) electrons. The van der Waals surface area contributed by atoms with Gasteiger partial charge in [0.15, 0.2) is 0 Å². The predicted octanol–water partition coefficient (Wildman–Crippen LogP) is 11.8. The molecule has 0 saturated carbocycles. The molecule has 0 rings (SSSR count). The third-order valence-corrected chi connectivity index (χ3v) is 10.6. The first-order valence-corrected chi connectivity index (χ1v) is 20.8. The van der Waals surface area contributed by atoms with E-state index in [1.54, 1.807) is 0 Å². The van der Waals surface area contributed by atoms with Gasteiger partial charge in [0.05, 0.1) is 0 Å². The number of unbranched alkanes of at least 4 members (excludes halogenated alkanes) is 22. The molecule has 0 fully saturated rings. The topological polar surface area (TPSA) is 80.3 Å². The van der Waals surface area contributed by atoms with Crippen molar-refractivity contribution in [3.8, 4) is 0 Å². The lowest BCUT2D eigenvalue weighted by Gasteiger charge is -2.45. The van der Waals surface area contributed by atoms with E-state index in [0.29, 0.717) is 25.7 Å². The summed E-state index contributed by atoms with van der Waals surface area (Å²) in [4.78, 5) is 25.0. The fourth-order valence-electron chi connectivity index (χ4n) is 7.74. The molecule has 0 aliphatic carbocycles. The number of carboxylic acids is 2. The monoisotopic (exact) mass is 685 g/mol. The molecule has 0 aromatic heterocycles. The molecule has 0 aliphatic rings. The molecular weight excluding hydrogens is 606 g/mol. The standard InChI is InChI=1S/C42H80F2O4/c1-5-9-13-15-17-19-21-23-25-29-33-41(43,31-27-11-7-3)36-40(39(47)48,35-38(45)46)37-42(44,32-28-12-8-4)34-30-26-24-22-20-18-16-14-10-6-2/h5-37H2,1-4H3,(H,45,46)(H,47,48)/p-2. The van der Waals surface area contributed by atoms with Gasteiger partial charge < -0.3 is 19.8 Å². The highest BCUT2D eigenvalue weighted by molar-refractivity contribution is 5.79. The molecule has 48 heavy (non-hydrogen) atoms. The summed E-state index contributed by atoms with van der Waals surface area (Å²) in [7, 11) is 0. The molecule has 0 aromatic carbocycles. The molecule has 0 amide bonds. The molecule has 0 N–H and O–H groups in total. The van der Waals surface area contributed by atoms with Crippen LogP contribution < -0.4 is 10.2 Å². The van der Waals surface area contributed by atoms with Crippen LogP contribution in [0.4, 0.5) is 8.78 Å². The van der Waals surface area contributed by atoms with Crippen LogP contribution in [-0.2, 0) is 9.59 Å². The van der Waals surface area contributed by atoms with Crippen LogP contribution in [0.15, 0.2) is 0 Å². The fraction of sp³-hybridized carbons (Fsp3) is 0.952. The minimum Gasteiger partial charge on any atom is -0.550 e. The van der Waals surface area contributed by atoms with Crippen molar-refractivity contribution in [1.82, 2.24) is 0 Å². The van der Waals surface area contributed by atoms with Crippen LogP contribution in [0.1, 0.15) is 240 Å². The minimum absolute atomic E-state index is 0.161. The van der Waals surface area contributed by atoms with Crippen LogP contribution in [0.3, 0.4) is 0 Å². The van der Waals surface area contributed by atoms with Crippen molar-refractivity contribution in [1.29, 1.82) is 0 Å². The molecule has 0 spiro atoms. The lowest BCUT2D eigenvalue weighted by Crippen LogP contribution is -2.52. The van der Waals surface area contributed by atoms with E-state index in [1.165, 1.54) is 77.0 Å². The zero-order valence-electron chi connectivity index (χ0n) is 32.2. The number of aliphatic carboxylic acids is 2. The van der Waals surface area contributed by atoms with Crippen molar-refractivity contribution in [3.63, 3.8) is 0 Å². The number of carboxylic acid groups (broad SMARTS) is 2. The van der Waals surface area contributed by atoms with Gasteiger partial charge in [0.2, 0.25) is 0 Å². The van der Waals surface area contributed by atoms with Crippen LogP contribution >= 0.6 is 0 Å². The second-order valence-electron chi connectivity index (χ2n) is 15.6. The normalized spacial score (nSPS) is 15.5. The Bertz CT molecular complexity index is 729. The van der Waals surface area contributed by atoms with Crippen LogP contribution in [0.2, 0.25) is 0 Å². The van der Waals surface area contributed by atoms with Crippen molar-refractivity contribution in [2.45, 2.75) is 251 Å². The molecule has 2 unspecified atom stereocenters. The van der Waals surface area contributed by atoms with E-state index in [-0.39, 0.29) is 25.7 Å². The van der Waals surface area contributed by atoms with E-state index >= 15 is 8.78 Å². The smallest absolute Gasteiger partial charge is 0.112 e. The number of hydrogen-bond donors (Lipinski definition) is 0. The van der Waals surface area contributed by atoms with Crippen molar-refractivity contribution < 1.29 is 28.6 Å². The van der Waals surface area contributed by atoms with E-state index in [2.05, 4.69) is 13.8 Å². The number of rotatable bonds is 37. The van der Waals surface area contributed by atoms with Gasteiger partial charge >= 0.3 is 0 Å². The maximum atomic E-state index is 16.9. The number of carbonyl (C=O) groups is 2. The number of carbonyl (C=O) groups excluding carboxylic acids is 2. The van der Waals surface area contributed by atoms with Gasteiger partial charge in [-0.25, -0.2) is 8.78 Å². The average molecular weight is 685 g/mol. The van der Waals surface area contributed by atoms with Crippen molar-refractivity contribution in [2.75, 3.05) is 0 Å². The van der Waals surface area contributed by atoms with E-state index in [4.69, 9.17) is 0 Å². The highest BCUT2D eigenvalue weighted by Crippen LogP contribution is 2.48. The quantitative estimate of drug-likeness (QED) is 0.0610. The lowest BCUT2D eigenvalue weighted by atomic mass is 9.66. The highest BCUT2D eigenvalue weighted by Gasteiger charge is 2.47.